The molecule has 1 aliphatic heterocycles. The Morgan fingerprint density at radius 1 is 1.58 bits per heavy atom. The second kappa shape index (κ2) is 4.24. The summed E-state index contributed by atoms with van der Waals surface area (Å²) in [6.45, 7) is 3.27. The second-order valence-electron chi connectivity index (χ2n) is 3.41. The molecular weight excluding hydrogens is 154 g/mol. The number of rotatable bonds is 3. The van der Waals surface area contributed by atoms with Crippen molar-refractivity contribution >= 4 is 12.2 Å². The lowest BCUT2D eigenvalue weighted by Crippen LogP contribution is -2.38. The number of piperidine rings is 1. The van der Waals surface area contributed by atoms with Crippen LogP contribution in [0.2, 0.25) is 0 Å². The first-order valence-electron chi connectivity index (χ1n) is 4.47. The van der Waals surface area contributed by atoms with Gasteiger partial charge in [0.05, 0.1) is 0 Å². The smallest absolute Gasteiger partial charge is 0.222 e. The van der Waals surface area contributed by atoms with E-state index in [4.69, 9.17) is 0 Å². The number of aldehydes is 1. The number of carbonyl (C=O) groups is 2. The van der Waals surface area contributed by atoms with E-state index in [1.165, 1.54) is 0 Å². The predicted octanol–water partition coefficient (Wildman–Crippen LogP) is 0.834. The van der Waals surface area contributed by atoms with Crippen LogP contribution in [0.5, 0.6) is 0 Å². The summed E-state index contributed by atoms with van der Waals surface area (Å²) in [4.78, 5) is 23.4. The lowest BCUT2D eigenvalue weighted by Gasteiger charge is -2.27. The zero-order chi connectivity index (χ0) is 8.97. The van der Waals surface area contributed by atoms with Crippen LogP contribution < -0.4 is 0 Å². The van der Waals surface area contributed by atoms with Gasteiger partial charge in [-0.1, -0.05) is 6.92 Å². The summed E-state index contributed by atoms with van der Waals surface area (Å²) in [6, 6.07) is 0. The second-order valence-corrected chi connectivity index (χ2v) is 3.41. The molecule has 1 rings (SSSR count). The molecule has 0 aromatic carbocycles. The van der Waals surface area contributed by atoms with E-state index in [1.807, 2.05) is 6.92 Å². The van der Waals surface area contributed by atoms with Gasteiger partial charge in [-0.15, -0.1) is 0 Å². The minimum Gasteiger partial charge on any atom is -0.342 e. The van der Waals surface area contributed by atoms with Gasteiger partial charge in [0.1, 0.15) is 6.29 Å². The molecule has 0 radical (unpaired) electrons. The number of hydrogen-bond donors (Lipinski definition) is 0. The maximum absolute atomic E-state index is 11.3. The highest BCUT2D eigenvalue weighted by Gasteiger charge is 2.19. The van der Waals surface area contributed by atoms with Crippen LogP contribution >= 0.6 is 0 Å². The predicted molar refractivity (Wildman–Crippen MR) is 45.7 cm³/mol. The van der Waals surface area contributed by atoms with E-state index in [2.05, 4.69) is 0 Å². The lowest BCUT2D eigenvalue weighted by molar-refractivity contribution is -0.134. The van der Waals surface area contributed by atoms with Gasteiger partial charge in [0.25, 0.3) is 0 Å². The van der Waals surface area contributed by atoms with Crippen LogP contribution in [0.3, 0.4) is 0 Å². The summed E-state index contributed by atoms with van der Waals surface area (Å²) in [5, 5.41) is 0. The van der Waals surface area contributed by atoms with E-state index in [-0.39, 0.29) is 11.8 Å². The van der Waals surface area contributed by atoms with Crippen molar-refractivity contribution < 1.29 is 9.59 Å². The Bertz CT molecular complexity index is 179. The molecule has 1 aliphatic rings. The van der Waals surface area contributed by atoms with Gasteiger partial charge >= 0.3 is 0 Å². The third-order valence-electron chi connectivity index (χ3n) is 2.16. The Morgan fingerprint density at radius 2 is 2.33 bits per heavy atom. The average molecular weight is 169 g/mol. The third-order valence-corrected chi connectivity index (χ3v) is 2.16. The first-order valence-corrected chi connectivity index (χ1v) is 4.47. The first-order chi connectivity index (χ1) is 5.74. The number of likely N-dealkylation sites (tertiary alicyclic amines) is 1. The van der Waals surface area contributed by atoms with Gasteiger partial charge in [0, 0.05) is 25.4 Å². The summed E-state index contributed by atoms with van der Waals surface area (Å²) in [5.41, 5.74) is 0. The molecule has 3 nitrogen and oxygen atoms in total. The van der Waals surface area contributed by atoms with Crippen molar-refractivity contribution in [3.63, 3.8) is 0 Å². The van der Waals surface area contributed by atoms with Crippen molar-refractivity contribution in [3.8, 4) is 0 Å². The fraction of sp³-hybridized carbons (Fsp3) is 0.778. The van der Waals surface area contributed by atoms with Gasteiger partial charge in [-0.2, -0.15) is 0 Å². The first kappa shape index (κ1) is 9.23. The molecule has 0 saturated carbocycles. The highest BCUT2D eigenvalue weighted by atomic mass is 16.2. The fourth-order valence-electron chi connectivity index (χ4n) is 1.45. The number of amides is 1. The minimum atomic E-state index is -0.0212. The zero-order valence-electron chi connectivity index (χ0n) is 7.45. The quantitative estimate of drug-likeness (QED) is 0.587. The topological polar surface area (TPSA) is 37.4 Å². The Hall–Kier alpha value is -0.860. The van der Waals surface area contributed by atoms with E-state index in [0.29, 0.717) is 13.0 Å². The van der Waals surface area contributed by atoms with Crippen LogP contribution in [-0.2, 0) is 9.59 Å². The largest absolute Gasteiger partial charge is 0.342 e. The Labute approximate surface area is 72.7 Å². The monoisotopic (exact) mass is 169 g/mol. The van der Waals surface area contributed by atoms with Crippen LogP contribution in [0.1, 0.15) is 26.2 Å². The van der Waals surface area contributed by atoms with Gasteiger partial charge < -0.3 is 9.69 Å². The normalized spacial score (nSPS) is 20.8. The molecule has 0 N–H and O–H groups in total. The minimum absolute atomic E-state index is 0.0212. The molecule has 1 heterocycles. The van der Waals surface area contributed by atoms with Gasteiger partial charge in [0.15, 0.2) is 0 Å². The van der Waals surface area contributed by atoms with E-state index >= 15 is 0 Å². The van der Waals surface area contributed by atoms with Crippen LogP contribution in [-0.4, -0.2) is 30.2 Å². The summed E-state index contributed by atoms with van der Waals surface area (Å²) in [6.07, 6.45) is 3.65. The van der Waals surface area contributed by atoms with Gasteiger partial charge in [-0.25, -0.2) is 0 Å². The summed E-state index contributed by atoms with van der Waals surface area (Å²) in [5.74, 6) is 0.182. The molecule has 1 amide bonds. The van der Waals surface area contributed by atoms with Crippen molar-refractivity contribution in [2.45, 2.75) is 26.2 Å². The van der Waals surface area contributed by atoms with Crippen LogP contribution in [0.25, 0.3) is 0 Å². The molecule has 0 spiro atoms. The van der Waals surface area contributed by atoms with Crippen molar-refractivity contribution in [1.29, 1.82) is 0 Å². The van der Waals surface area contributed by atoms with Crippen LogP contribution in [0.4, 0.5) is 0 Å². The van der Waals surface area contributed by atoms with E-state index < -0.39 is 0 Å². The van der Waals surface area contributed by atoms with E-state index in [1.54, 1.807) is 4.90 Å². The van der Waals surface area contributed by atoms with Crippen LogP contribution in [0, 0.1) is 5.92 Å². The number of hydrogen-bond acceptors (Lipinski definition) is 2. The Balaban J connectivity index is 2.38. The van der Waals surface area contributed by atoms with E-state index in [9.17, 15) is 9.59 Å². The molecule has 0 aromatic rings. The summed E-state index contributed by atoms with van der Waals surface area (Å²) >= 11 is 0. The molecule has 0 aromatic heterocycles. The van der Waals surface area contributed by atoms with Crippen molar-refractivity contribution in [1.82, 2.24) is 4.90 Å². The standard InChI is InChI=1S/C9H15NO2/c1-8(7-11)6-10-5-3-2-4-9(10)12/h7-8H,2-6H2,1H3. The fourth-order valence-corrected chi connectivity index (χ4v) is 1.45. The van der Waals surface area contributed by atoms with E-state index in [0.717, 1.165) is 25.7 Å². The molecule has 12 heavy (non-hydrogen) atoms. The molecular formula is C9H15NO2. The average Bonchev–Trinajstić information content (AvgIpc) is 2.09. The van der Waals surface area contributed by atoms with Crippen molar-refractivity contribution in [3.05, 3.63) is 0 Å². The SMILES string of the molecule is CC(C=O)CN1CCCCC1=O. The number of nitrogens with zero attached hydrogens (tertiary/aromatic N) is 1. The molecule has 0 aliphatic carbocycles. The highest BCUT2D eigenvalue weighted by molar-refractivity contribution is 5.77. The van der Waals surface area contributed by atoms with Gasteiger partial charge in [-0.3, -0.25) is 4.79 Å². The molecule has 1 saturated heterocycles. The third kappa shape index (κ3) is 2.32. The van der Waals surface area contributed by atoms with Crippen molar-refractivity contribution in [2.75, 3.05) is 13.1 Å². The molecule has 1 fully saturated rings. The Kier molecular flexibility index (Phi) is 3.26. The van der Waals surface area contributed by atoms with Gasteiger partial charge in [0.2, 0.25) is 5.91 Å². The zero-order valence-corrected chi connectivity index (χ0v) is 7.45. The Morgan fingerprint density at radius 3 is 2.92 bits per heavy atom. The maximum atomic E-state index is 11.3. The van der Waals surface area contributed by atoms with Crippen LogP contribution in [0.15, 0.2) is 0 Å². The molecule has 68 valence electrons. The summed E-state index contributed by atoms with van der Waals surface area (Å²) in [7, 11) is 0. The summed E-state index contributed by atoms with van der Waals surface area (Å²) < 4.78 is 0. The molecule has 3 heteroatoms. The molecule has 1 atom stereocenters. The molecule has 0 bridgehead atoms. The highest BCUT2D eigenvalue weighted by Crippen LogP contribution is 2.11. The lowest BCUT2D eigenvalue weighted by atomic mass is 10.1. The number of carbonyl (C=O) groups excluding carboxylic acids is 2. The van der Waals surface area contributed by atoms with Gasteiger partial charge in [-0.05, 0) is 12.8 Å². The molecule has 1 unspecified atom stereocenters. The van der Waals surface area contributed by atoms with Crippen molar-refractivity contribution in [2.24, 2.45) is 5.92 Å². The maximum Gasteiger partial charge on any atom is 0.222 e.